The van der Waals surface area contributed by atoms with Crippen molar-refractivity contribution in [2.75, 3.05) is 75.0 Å². The van der Waals surface area contributed by atoms with E-state index in [4.69, 9.17) is 15.5 Å². The molecule has 0 radical (unpaired) electrons. The molecule has 4 amide bonds. The monoisotopic (exact) mass is 872 g/mol. The molecule has 7 heterocycles. The smallest absolute Gasteiger partial charge is 0.328 e. The molecule has 4 fully saturated rings. The van der Waals surface area contributed by atoms with Crippen LogP contribution >= 0.6 is 0 Å². The zero-order chi connectivity index (χ0) is 44.7. The SMILES string of the molecule is CCc1cn(C2CCN(CC3(F)CCN(C(=O)c4ccc(C5CC(OC)CN(c6cc(-c7ccccc7O)nnc6N)C5)c(C)c4)CC3)CC2)c2ncc(N3CCC(=O)NC3=O)cc12. The standard InChI is InChI=1S/C48H57FN10O5/c1-4-31-27-59(45-39(31)23-35(25-51-45)58-18-13-43(61)52-47(58)63)34-11-16-55(17-12-34)29-48(49)14-19-56(20-15-48)46(62)32-9-10-37(30(2)21-32)33-22-36(64-3)28-57(26-33)41-24-40(53-54-44(41)50)38-7-5-6-8-42(38)60/h5-10,21,23-25,27,33-34,36,60H,4,11-20,22,26,28-29H2,1-3H3,(H2,50,54)(H,52,61,63). The third-order valence-corrected chi connectivity index (χ3v) is 13.9. The zero-order valence-corrected chi connectivity index (χ0v) is 36.8. The summed E-state index contributed by atoms with van der Waals surface area (Å²) in [6.07, 6.45) is 7.99. The van der Waals surface area contributed by atoms with Crippen molar-refractivity contribution < 1.29 is 28.6 Å². The van der Waals surface area contributed by atoms with Gasteiger partial charge in [-0.15, -0.1) is 10.2 Å². The average Bonchev–Trinajstić information content (AvgIpc) is 3.67. The van der Waals surface area contributed by atoms with Gasteiger partial charge in [0, 0.05) is 113 Å². The number of hydrogen-bond donors (Lipinski definition) is 3. The molecule has 0 aliphatic carbocycles. The first-order valence-corrected chi connectivity index (χ1v) is 22.5. The van der Waals surface area contributed by atoms with Crippen molar-refractivity contribution in [2.24, 2.45) is 0 Å². The fraction of sp³-hybridized carbons (Fsp3) is 0.458. The minimum absolute atomic E-state index is 0.0743. The number of imide groups is 1. The maximum atomic E-state index is 16.5. The predicted octanol–water partition coefficient (Wildman–Crippen LogP) is 6.39. The van der Waals surface area contributed by atoms with Gasteiger partial charge in [0.1, 0.15) is 17.1 Å². The Morgan fingerprint density at radius 2 is 1.80 bits per heavy atom. The molecule has 3 aromatic heterocycles. The summed E-state index contributed by atoms with van der Waals surface area (Å²) in [6.45, 7) is 8.34. The topological polar surface area (TPSA) is 175 Å². The van der Waals surface area contributed by atoms with Gasteiger partial charge in [-0.2, -0.15) is 0 Å². The summed E-state index contributed by atoms with van der Waals surface area (Å²) >= 11 is 0. The van der Waals surface area contributed by atoms with Crippen LogP contribution in [0.15, 0.2) is 67.0 Å². The van der Waals surface area contributed by atoms with Gasteiger partial charge < -0.3 is 34.8 Å². The second kappa shape index (κ2) is 17.8. The molecule has 336 valence electrons. The van der Waals surface area contributed by atoms with Crippen LogP contribution in [0, 0.1) is 6.92 Å². The summed E-state index contributed by atoms with van der Waals surface area (Å²) < 4.78 is 24.7. The maximum absolute atomic E-state index is 16.5. The Hall–Kier alpha value is -6.13. The average molecular weight is 873 g/mol. The van der Waals surface area contributed by atoms with Crippen LogP contribution in [-0.4, -0.2) is 124 Å². The van der Waals surface area contributed by atoms with Gasteiger partial charge in [0.15, 0.2) is 5.82 Å². The second-order valence-corrected chi connectivity index (χ2v) is 18.0. The number of aryl methyl sites for hydroxylation is 2. The molecule has 0 spiro atoms. The van der Waals surface area contributed by atoms with Gasteiger partial charge in [-0.1, -0.05) is 25.1 Å². The number of hydrogen-bond acceptors (Lipinski definition) is 11. The summed E-state index contributed by atoms with van der Waals surface area (Å²) in [4.78, 5) is 50.7. The minimum atomic E-state index is -1.37. The van der Waals surface area contributed by atoms with Gasteiger partial charge >= 0.3 is 6.03 Å². The number of pyridine rings is 1. The highest BCUT2D eigenvalue weighted by Crippen LogP contribution is 2.38. The van der Waals surface area contributed by atoms with E-state index in [1.807, 2.05) is 43.3 Å². The number of nitrogens with zero attached hydrogens (tertiary/aromatic N) is 8. The molecule has 9 rings (SSSR count). The first-order valence-electron chi connectivity index (χ1n) is 22.5. The summed E-state index contributed by atoms with van der Waals surface area (Å²) in [5, 5.41) is 22.4. The van der Waals surface area contributed by atoms with Gasteiger partial charge in [0.25, 0.3) is 5.91 Å². The highest BCUT2D eigenvalue weighted by Gasteiger charge is 2.39. The van der Waals surface area contributed by atoms with Gasteiger partial charge in [-0.3, -0.25) is 19.8 Å². The Labute approximate surface area is 372 Å². The van der Waals surface area contributed by atoms with Crippen molar-refractivity contribution >= 4 is 46.1 Å². The lowest BCUT2D eigenvalue weighted by Gasteiger charge is -2.41. The van der Waals surface area contributed by atoms with E-state index >= 15 is 4.39 Å². The Morgan fingerprint density at radius 3 is 2.52 bits per heavy atom. The number of alkyl halides is 1. The number of methoxy groups -OCH3 is 1. The van der Waals surface area contributed by atoms with Crippen LogP contribution in [0.3, 0.4) is 0 Å². The van der Waals surface area contributed by atoms with Crippen molar-refractivity contribution in [3.05, 3.63) is 89.2 Å². The number of aromatic hydroxyl groups is 1. The summed E-state index contributed by atoms with van der Waals surface area (Å²) in [5.41, 5.74) is 12.3. The van der Waals surface area contributed by atoms with Crippen molar-refractivity contribution in [1.82, 2.24) is 34.9 Å². The number of amides is 4. The Balaban J connectivity index is 0.801. The van der Waals surface area contributed by atoms with Gasteiger partial charge in [-0.25, -0.2) is 14.2 Å². The lowest BCUT2D eigenvalue weighted by atomic mass is 9.85. The number of benzene rings is 2. The number of rotatable bonds is 10. The third-order valence-electron chi connectivity index (χ3n) is 13.9. The fourth-order valence-electron chi connectivity index (χ4n) is 10.3. The largest absolute Gasteiger partial charge is 0.507 e. The normalized spacial score (nSPS) is 21.1. The third kappa shape index (κ3) is 8.60. The number of para-hydroxylation sites is 1. The number of carbonyl (C=O) groups excluding carboxylic acids is 3. The van der Waals surface area contributed by atoms with Crippen molar-refractivity contribution in [3.8, 4) is 17.0 Å². The van der Waals surface area contributed by atoms with Crippen LogP contribution < -0.4 is 20.9 Å². The van der Waals surface area contributed by atoms with E-state index in [0.717, 1.165) is 72.2 Å². The summed E-state index contributed by atoms with van der Waals surface area (Å²) in [5.74, 6) is 0.149. The second-order valence-electron chi connectivity index (χ2n) is 18.0. The number of anilines is 3. The number of halogens is 1. The van der Waals surface area contributed by atoms with E-state index in [9.17, 15) is 19.5 Å². The maximum Gasteiger partial charge on any atom is 0.328 e. The number of aromatic nitrogens is 4. The van der Waals surface area contributed by atoms with Crippen LogP contribution in [-0.2, 0) is 16.0 Å². The van der Waals surface area contributed by atoms with Crippen LogP contribution in [0.1, 0.15) is 84.5 Å². The molecule has 4 saturated heterocycles. The van der Waals surface area contributed by atoms with Crippen LogP contribution in [0.2, 0.25) is 0 Å². The molecule has 0 bridgehead atoms. The number of piperidine rings is 3. The number of likely N-dealkylation sites (tertiary alicyclic amines) is 2. The molecule has 16 heteroatoms. The highest BCUT2D eigenvalue weighted by atomic mass is 19.1. The molecular weight excluding hydrogens is 816 g/mol. The summed E-state index contributed by atoms with van der Waals surface area (Å²) in [6, 6.07) is 16.6. The van der Waals surface area contributed by atoms with Crippen molar-refractivity contribution in [2.45, 2.75) is 82.5 Å². The minimum Gasteiger partial charge on any atom is -0.507 e. The molecular formula is C48H57FN10O5. The Morgan fingerprint density at radius 1 is 1.02 bits per heavy atom. The number of phenols is 1. The molecule has 0 saturated carbocycles. The first-order chi connectivity index (χ1) is 30.9. The van der Waals surface area contributed by atoms with E-state index in [1.54, 1.807) is 41.3 Å². The highest BCUT2D eigenvalue weighted by molar-refractivity contribution is 6.06. The summed E-state index contributed by atoms with van der Waals surface area (Å²) in [7, 11) is 1.71. The van der Waals surface area contributed by atoms with Gasteiger partial charge in [-0.05, 0) is 85.7 Å². The number of nitrogens with two attached hydrogens (primary N) is 1. The molecule has 4 N–H and O–H groups in total. The molecule has 15 nitrogen and oxygen atoms in total. The predicted molar refractivity (Wildman–Crippen MR) is 243 cm³/mol. The molecule has 4 aliphatic heterocycles. The lowest BCUT2D eigenvalue weighted by molar-refractivity contribution is -0.120. The quantitative estimate of drug-likeness (QED) is 0.142. The van der Waals surface area contributed by atoms with E-state index in [2.05, 4.69) is 43.0 Å². The molecule has 2 unspecified atom stereocenters. The molecule has 2 aromatic carbocycles. The van der Waals surface area contributed by atoms with Gasteiger partial charge in [0.05, 0.1) is 29.4 Å². The number of nitrogen functional groups attached to an aromatic ring is 1. The number of urea groups is 1. The lowest BCUT2D eigenvalue weighted by Crippen LogP contribution is -2.51. The van der Waals surface area contributed by atoms with E-state index in [0.29, 0.717) is 80.4 Å². The molecule has 2 atom stereocenters. The molecule has 64 heavy (non-hydrogen) atoms. The van der Waals surface area contributed by atoms with Crippen molar-refractivity contribution in [1.29, 1.82) is 0 Å². The Kier molecular flexibility index (Phi) is 12.0. The number of phenolic OH excluding ortho intramolecular Hbond substituents is 1. The van der Waals surface area contributed by atoms with E-state index in [1.165, 1.54) is 0 Å². The van der Waals surface area contributed by atoms with Crippen LogP contribution in [0.25, 0.3) is 22.3 Å². The number of carbonyl (C=O) groups is 3. The van der Waals surface area contributed by atoms with E-state index < -0.39 is 11.7 Å². The fourth-order valence-corrected chi connectivity index (χ4v) is 10.3. The Bertz CT molecular complexity index is 2570. The zero-order valence-electron chi connectivity index (χ0n) is 36.8. The first kappa shape index (κ1) is 43.1. The van der Waals surface area contributed by atoms with Crippen LogP contribution in [0.4, 0.5) is 26.4 Å². The van der Waals surface area contributed by atoms with Crippen LogP contribution in [0.5, 0.6) is 5.75 Å². The van der Waals surface area contributed by atoms with E-state index in [-0.39, 0.29) is 42.0 Å². The van der Waals surface area contributed by atoms with Crippen molar-refractivity contribution in [3.63, 3.8) is 0 Å². The van der Waals surface area contributed by atoms with Gasteiger partial charge in [0.2, 0.25) is 5.91 Å². The molecule has 5 aromatic rings. The number of nitrogens with one attached hydrogen (secondary N) is 1. The molecule has 4 aliphatic rings. The number of fused-ring (bicyclic) bond motifs is 1. The number of ether oxygens (including phenoxy) is 1.